The highest BCUT2D eigenvalue weighted by Crippen LogP contribution is 2.25. The summed E-state index contributed by atoms with van der Waals surface area (Å²) in [6.07, 6.45) is 0. The van der Waals surface area contributed by atoms with Gasteiger partial charge in [0.25, 0.3) is 5.56 Å². The zero-order valence-electron chi connectivity index (χ0n) is 15.3. The predicted molar refractivity (Wildman–Crippen MR) is 109 cm³/mol. The van der Waals surface area contributed by atoms with Gasteiger partial charge in [0.1, 0.15) is 11.4 Å². The van der Waals surface area contributed by atoms with Gasteiger partial charge in [-0.05, 0) is 53.2 Å². The molecule has 0 atom stereocenters. The fourth-order valence-electron chi connectivity index (χ4n) is 2.88. The maximum Gasteiger partial charge on any atom is 0.295 e. The molecule has 2 aromatic carbocycles. The number of aromatic nitrogens is 2. The van der Waals surface area contributed by atoms with Crippen molar-refractivity contribution in [2.45, 2.75) is 6.92 Å². The fourth-order valence-corrected chi connectivity index (χ4v) is 3.42. The van der Waals surface area contributed by atoms with Gasteiger partial charge in [-0.15, -0.1) is 0 Å². The van der Waals surface area contributed by atoms with Gasteiger partial charge in [-0.3, -0.25) is 14.3 Å². The van der Waals surface area contributed by atoms with Gasteiger partial charge in [0.2, 0.25) is 0 Å². The lowest BCUT2D eigenvalue weighted by atomic mass is 10.1. The van der Waals surface area contributed by atoms with Gasteiger partial charge in [0.05, 0.1) is 29.5 Å². The summed E-state index contributed by atoms with van der Waals surface area (Å²) in [6.45, 7) is 1.87. The molecule has 0 aliphatic rings. The lowest BCUT2D eigenvalue weighted by molar-refractivity contribution is 0.101. The number of anilines is 1. The van der Waals surface area contributed by atoms with Gasteiger partial charge in [-0.25, -0.2) is 4.68 Å². The zero-order chi connectivity index (χ0) is 19.6. The summed E-state index contributed by atoms with van der Waals surface area (Å²) in [5.41, 5.74) is 2.29. The fraction of sp³-hybridized carbons (Fsp3) is 0.200. The molecular formula is C20H20BrN3O3. The Balaban J connectivity index is 1.84. The Kier molecular flexibility index (Phi) is 5.51. The van der Waals surface area contributed by atoms with Crippen molar-refractivity contribution in [1.29, 1.82) is 0 Å². The van der Waals surface area contributed by atoms with E-state index in [1.165, 1.54) is 0 Å². The average Bonchev–Trinajstić information content (AvgIpc) is 2.89. The Hall–Kier alpha value is -2.80. The molecule has 140 valence electrons. The van der Waals surface area contributed by atoms with Gasteiger partial charge >= 0.3 is 0 Å². The maximum atomic E-state index is 12.8. The Bertz CT molecular complexity index is 1040. The standard InChI is InChI=1S/C20H20BrN3O3/c1-13-19(20(26)24(23(13)2)15-7-5-4-6-8-15)22-12-17(25)14-9-10-18(27-3)16(21)11-14/h4-11,22H,12H2,1-3H3. The van der Waals surface area contributed by atoms with E-state index in [-0.39, 0.29) is 17.9 Å². The number of ether oxygens (including phenoxy) is 1. The molecule has 0 saturated heterocycles. The van der Waals surface area contributed by atoms with Crippen LogP contribution in [0.1, 0.15) is 16.1 Å². The van der Waals surface area contributed by atoms with Crippen LogP contribution in [0.4, 0.5) is 5.69 Å². The number of benzene rings is 2. The number of methoxy groups -OCH3 is 1. The number of nitrogens with zero attached hydrogens (tertiary/aromatic N) is 2. The molecule has 0 aliphatic heterocycles. The number of para-hydroxylation sites is 1. The third kappa shape index (κ3) is 3.68. The molecule has 1 heterocycles. The molecular weight excluding hydrogens is 410 g/mol. The number of ketones is 1. The van der Waals surface area contributed by atoms with Gasteiger partial charge in [0, 0.05) is 12.6 Å². The molecule has 0 spiro atoms. The third-order valence-corrected chi connectivity index (χ3v) is 5.07. The van der Waals surface area contributed by atoms with E-state index in [2.05, 4.69) is 21.2 Å². The van der Waals surface area contributed by atoms with Crippen LogP contribution in [0.25, 0.3) is 5.69 Å². The molecule has 6 nitrogen and oxygen atoms in total. The van der Waals surface area contributed by atoms with E-state index < -0.39 is 0 Å². The second-order valence-corrected chi connectivity index (χ2v) is 6.92. The summed E-state index contributed by atoms with van der Waals surface area (Å²) in [6, 6.07) is 14.5. The third-order valence-electron chi connectivity index (χ3n) is 4.45. The largest absolute Gasteiger partial charge is 0.496 e. The number of carbonyl (C=O) groups excluding carboxylic acids is 1. The second kappa shape index (κ2) is 7.84. The van der Waals surface area contributed by atoms with Crippen LogP contribution >= 0.6 is 15.9 Å². The highest BCUT2D eigenvalue weighted by molar-refractivity contribution is 9.10. The molecule has 0 unspecified atom stereocenters. The highest BCUT2D eigenvalue weighted by atomic mass is 79.9. The Morgan fingerprint density at radius 3 is 2.52 bits per heavy atom. The van der Waals surface area contributed by atoms with E-state index in [0.717, 1.165) is 11.4 Å². The maximum absolute atomic E-state index is 12.8. The molecule has 3 rings (SSSR count). The number of halogens is 1. The van der Waals surface area contributed by atoms with Crippen molar-refractivity contribution in [3.63, 3.8) is 0 Å². The highest BCUT2D eigenvalue weighted by Gasteiger charge is 2.17. The summed E-state index contributed by atoms with van der Waals surface area (Å²) < 4.78 is 9.23. The lowest BCUT2D eigenvalue weighted by Gasteiger charge is -2.07. The van der Waals surface area contributed by atoms with Crippen LogP contribution in [0.2, 0.25) is 0 Å². The number of nitrogens with one attached hydrogen (secondary N) is 1. The molecule has 0 bridgehead atoms. The molecule has 0 fully saturated rings. The second-order valence-electron chi connectivity index (χ2n) is 6.06. The minimum absolute atomic E-state index is 0.0215. The van der Waals surface area contributed by atoms with E-state index >= 15 is 0 Å². The first-order valence-electron chi connectivity index (χ1n) is 8.38. The first-order chi connectivity index (χ1) is 12.9. The number of Topliss-reactive ketones (excluding diaryl/α,β-unsaturated/α-hetero) is 1. The molecule has 0 aliphatic carbocycles. The van der Waals surface area contributed by atoms with Crippen LogP contribution in [0.3, 0.4) is 0 Å². The molecule has 27 heavy (non-hydrogen) atoms. The van der Waals surface area contributed by atoms with Crippen LogP contribution in [-0.2, 0) is 7.05 Å². The summed E-state index contributed by atoms with van der Waals surface area (Å²) in [5.74, 6) is 0.538. The average molecular weight is 430 g/mol. The topological polar surface area (TPSA) is 65.3 Å². The smallest absolute Gasteiger partial charge is 0.295 e. The first-order valence-corrected chi connectivity index (χ1v) is 9.18. The predicted octanol–water partition coefficient (Wildman–Crippen LogP) is 3.55. The summed E-state index contributed by atoms with van der Waals surface area (Å²) in [4.78, 5) is 25.4. The minimum Gasteiger partial charge on any atom is -0.496 e. The summed E-state index contributed by atoms with van der Waals surface area (Å²) >= 11 is 3.38. The zero-order valence-corrected chi connectivity index (χ0v) is 16.9. The molecule has 3 aromatic rings. The Labute approximate surface area is 165 Å². The number of rotatable bonds is 6. The first kappa shape index (κ1) is 19.0. The van der Waals surface area contributed by atoms with Crippen LogP contribution < -0.4 is 15.6 Å². The number of hydrogen-bond acceptors (Lipinski definition) is 4. The number of carbonyl (C=O) groups is 1. The van der Waals surface area contributed by atoms with Crippen molar-refractivity contribution in [2.24, 2.45) is 7.05 Å². The molecule has 1 N–H and O–H groups in total. The van der Waals surface area contributed by atoms with E-state index in [1.807, 2.05) is 44.3 Å². The van der Waals surface area contributed by atoms with Crippen molar-refractivity contribution < 1.29 is 9.53 Å². The van der Waals surface area contributed by atoms with Crippen molar-refractivity contribution in [1.82, 2.24) is 9.36 Å². The van der Waals surface area contributed by atoms with Gasteiger partial charge in [-0.2, -0.15) is 0 Å². The van der Waals surface area contributed by atoms with Crippen LogP contribution in [0.15, 0.2) is 57.8 Å². The molecule has 0 radical (unpaired) electrons. The van der Waals surface area contributed by atoms with Crippen LogP contribution in [-0.4, -0.2) is 28.8 Å². The van der Waals surface area contributed by atoms with E-state index in [1.54, 1.807) is 34.7 Å². The SMILES string of the molecule is COc1ccc(C(=O)CNc2c(C)n(C)n(-c3ccccc3)c2=O)cc1Br. The Morgan fingerprint density at radius 1 is 1.19 bits per heavy atom. The Morgan fingerprint density at radius 2 is 1.89 bits per heavy atom. The monoisotopic (exact) mass is 429 g/mol. The van der Waals surface area contributed by atoms with Crippen LogP contribution in [0.5, 0.6) is 5.75 Å². The van der Waals surface area contributed by atoms with Crippen molar-refractivity contribution >= 4 is 27.4 Å². The molecule has 0 saturated carbocycles. The van der Waals surface area contributed by atoms with Crippen molar-refractivity contribution in [2.75, 3.05) is 19.0 Å². The van der Waals surface area contributed by atoms with Crippen LogP contribution in [0, 0.1) is 6.92 Å². The van der Waals surface area contributed by atoms with E-state index in [4.69, 9.17) is 4.74 Å². The molecule has 0 amide bonds. The van der Waals surface area contributed by atoms with Gasteiger partial charge < -0.3 is 10.1 Å². The quantitative estimate of drug-likeness (QED) is 0.608. The van der Waals surface area contributed by atoms with E-state index in [9.17, 15) is 9.59 Å². The summed E-state index contributed by atoms with van der Waals surface area (Å²) in [7, 11) is 3.39. The molecule has 7 heteroatoms. The minimum atomic E-state index is -0.190. The van der Waals surface area contributed by atoms with Crippen molar-refractivity contribution in [3.8, 4) is 11.4 Å². The van der Waals surface area contributed by atoms with Crippen molar-refractivity contribution in [3.05, 3.63) is 74.6 Å². The number of hydrogen-bond donors (Lipinski definition) is 1. The normalized spacial score (nSPS) is 10.7. The lowest BCUT2D eigenvalue weighted by Crippen LogP contribution is -2.22. The van der Waals surface area contributed by atoms with Gasteiger partial charge in [0.15, 0.2) is 5.78 Å². The van der Waals surface area contributed by atoms with E-state index in [0.29, 0.717) is 21.5 Å². The summed E-state index contributed by atoms with van der Waals surface area (Å²) in [5, 5.41) is 3.01. The van der Waals surface area contributed by atoms with Gasteiger partial charge in [-0.1, -0.05) is 18.2 Å². The molecule has 1 aromatic heterocycles.